The van der Waals surface area contributed by atoms with E-state index in [-0.39, 0.29) is 4.90 Å². The molecule has 0 N–H and O–H groups in total. The van der Waals surface area contributed by atoms with Crippen LogP contribution in [0.25, 0.3) is 0 Å². The van der Waals surface area contributed by atoms with Crippen molar-refractivity contribution in [3.05, 3.63) is 121 Å². The molecule has 0 unspecified atom stereocenters. The van der Waals surface area contributed by atoms with Crippen LogP contribution < -0.4 is 0 Å². The first-order valence-electron chi connectivity index (χ1n) is 11.3. The normalized spacial score (nSPS) is 13.2. The zero-order valence-electron chi connectivity index (χ0n) is 20.1. The van der Waals surface area contributed by atoms with Crippen LogP contribution in [0.15, 0.2) is 135 Å². The van der Waals surface area contributed by atoms with E-state index in [4.69, 9.17) is 3.63 Å². The molecule has 0 atom stereocenters. The summed E-state index contributed by atoms with van der Waals surface area (Å²) in [5, 5.41) is -4.71. The summed E-state index contributed by atoms with van der Waals surface area (Å²) in [5.41, 5.74) is 0.743. The Morgan fingerprint density at radius 3 is 1.39 bits per heavy atom. The first kappa shape index (κ1) is 27.9. The number of hydrogen-bond acceptors (Lipinski definition) is 6. The highest BCUT2D eigenvalue weighted by Gasteiger charge is 2.52. The molecule has 0 amide bonds. The van der Waals surface area contributed by atoms with Crippen LogP contribution in [0, 0.1) is 6.92 Å². The second-order valence-electron chi connectivity index (χ2n) is 8.18. The van der Waals surface area contributed by atoms with Gasteiger partial charge in [0.2, 0.25) is 0 Å². The molecule has 0 spiro atoms. The van der Waals surface area contributed by atoms with Crippen molar-refractivity contribution >= 4 is 30.5 Å². The molecule has 0 aliphatic carbocycles. The Balaban J connectivity index is 1.77. The fraction of sp³-hybridized carbons (Fsp3) is 0.111. The van der Waals surface area contributed by atoms with E-state index in [9.17, 15) is 16.8 Å². The van der Waals surface area contributed by atoms with Crippen LogP contribution >= 0.6 is 10.3 Å². The van der Waals surface area contributed by atoms with Crippen LogP contribution in [0.3, 0.4) is 0 Å². The van der Waals surface area contributed by atoms with Gasteiger partial charge in [0.25, 0.3) is 10.1 Å². The van der Waals surface area contributed by atoms with Crippen molar-refractivity contribution < 1.29 is 33.4 Å². The van der Waals surface area contributed by atoms with Crippen molar-refractivity contribution in [1.29, 1.82) is 0 Å². The molecule has 11 heteroatoms. The minimum Gasteiger partial charge on any atom is -0.259 e. The summed E-state index contributed by atoms with van der Waals surface area (Å²) in [4.78, 5) is 0.676. The Kier molecular flexibility index (Phi) is 8.05. The average molecular weight is 579 g/mol. The minimum atomic E-state index is -5.76. The van der Waals surface area contributed by atoms with E-state index in [1.54, 1.807) is 97.9 Å². The van der Waals surface area contributed by atoms with Crippen molar-refractivity contribution in [1.82, 2.24) is 0 Å². The van der Waals surface area contributed by atoms with Gasteiger partial charge in [-0.2, -0.15) is 25.6 Å². The molecule has 0 heterocycles. The molecular weight excluding hydrogens is 554 g/mol. The number of aryl methyl sites for hydroxylation is 1. The van der Waals surface area contributed by atoms with Gasteiger partial charge in [0.1, 0.15) is 6.61 Å². The molecular formula is C27H24F2O6S3. The van der Waals surface area contributed by atoms with Gasteiger partial charge < -0.3 is 0 Å². The lowest BCUT2D eigenvalue weighted by molar-refractivity contribution is 0.0328. The molecule has 0 radical (unpaired) electrons. The summed E-state index contributed by atoms with van der Waals surface area (Å²) in [6, 6.07) is 29.9. The predicted octanol–water partition coefficient (Wildman–Crippen LogP) is 6.54. The van der Waals surface area contributed by atoms with Crippen LogP contribution in [0.4, 0.5) is 8.78 Å². The van der Waals surface area contributed by atoms with Gasteiger partial charge in [-0.25, -0.2) is 3.63 Å². The average Bonchev–Trinajstić information content (AvgIpc) is 2.92. The fourth-order valence-electron chi connectivity index (χ4n) is 3.54. The lowest BCUT2D eigenvalue weighted by atomic mass is 10.2. The molecule has 4 rings (SSSR count). The Morgan fingerprint density at radius 2 is 1.00 bits per heavy atom. The van der Waals surface area contributed by atoms with Gasteiger partial charge in [0.15, 0.2) is 0 Å². The van der Waals surface area contributed by atoms with E-state index in [1.165, 1.54) is 24.3 Å². The molecule has 0 aliphatic rings. The van der Waals surface area contributed by atoms with Crippen molar-refractivity contribution in [2.24, 2.45) is 0 Å². The first-order valence-corrected chi connectivity index (χ1v) is 15.6. The second-order valence-corrected chi connectivity index (χ2v) is 14.4. The number of halogens is 2. The van der Waals surface area contributed by atoms with Gasteiger partial charge in [-0.3, -0.25) is 4.18 Å². The van der Waals surface area contributed by atoms with Crippen molar-refractivity contribution in [3.63, 3.8) is 0 Å². The molecule has 0 saturated carbocycles. The van der Waals surface area contributed by atoms with Crippen molar-refractivity contribution in [2.45, 2.75) is 31.8 Å². The summed E-state index contributed by atoms with van der Waals surface area (Å²) < 4.78 is 92.2. The number of alkyl halides is 2. The van der Waals surface area contributed by atoms with Gasteiger partial charge in [-0.15, -0.1) is 0 Å². The number of hydrogen-bond donors (Lipinski definition) is 0. The van der Waals surface area contributed by atoms with Crippen LogP contribution in [-0.2, 0) is 28.0 Å². The smallest absolute Gasteiger partial charge is 0.259 e. The van der Waals surface area contributed by atoms with E-state index < -0.39 is 42.4 Å². The summed E-state index contributed by atoms with van der Waals surface area (Å²) >= 11 is 0. The third-order valence-corrected chi connectivity index (χ3v) is 11.9. The summed E-state index contributed by atoms with van der Waals surface area (Å²) in [6.45, 7) is -0.241. The predicted molar refractivity (Wildman–Crippen MR) is 141 cm³/mol. The fourth-order valence-corrected chi connectivity index (χ4v) is 9.58. The summed E-state index contributed by atoms with van der Waals surface area (Å²) in [5.74, 6) is 0. The van der Waals surface area contributed by atoms with Crippen molar-refractivity contribution in [3.8, 4) is 0 Å². The summed E-state index contributed by atoms with van der Waals surface area (Å²) in [6.07, 6.45) is 0. The van der Waals surface area contributed by atoms with E-state index in [0.29, 0.717) is 14.7 Å². The third-order valence-electron chi connectivity index (χ3n) is 5.47. The molecule has 4 aromatic carbocycles. The van der Waals surface area contributed by atoms with E-state index in [0.717, 1.165) is 5.56 Å². The van der Waals surface area contributed by atoms with Gasteiger partial charge >= 0.3 is 15.4 Å². The zero-order chi connectivity index (χ0) is 27.4. The Hall–Kier alpha value is -3.09. The quantitative estimate of drug-likeness (QED) is 0.199. The third kappa shape index (κ3) is 5.67. The molecule has 200 valence electrons. The molecule has 0 bridgehead atoms. The van der Waals surface area contributed by atoms with Gasteiger partial charge in [-0.05, 0) is 65.8 Å². The standard InChI is InChI=1S/C27H24F2O6S3/c1-22-17-19-26(20-18-22)37(30,31)34-21-27(28,29)38(32,33)35-36(23-11-5-2-6-12-23,24-13-7-3-8-14-24)25-15-9-4-10-16-25/h2-20H,21H2,1H3. The highest BCUT2D eigenvalue weighted by molar-refractivity contribution is 8.33. The SMILES string of the molecule is Cc1ccc(S(=O)(=O)OCC(F)(F)S(=O)(=O)OS(c2ccccc2)(c2ccccc2)c2ccccc2)cc1. The Morgan fingerprint density at radius 1 is 0.605 bits per heavy atom. The number of benzene rings is 4. The highest BCUT2D eigenvalue weighted by Crippen LogP contribution is 2.70. The second kappa shape index (κ2) is 11.0. The molecule has 0 aliphatic heterocycles. The van der Waals surface area contributed by atoms with E-state index in [1.807, 2.05) is 0 Å². The van der Waals surface area contributed by atoms with Crippen molar-refractivity contribution in [2.75, 3.05) is 6.61 Å². The van der Waals surface area contributed by atoms with Gasteiger partial charge in [0, 0.05) is 14.7 Å². The molecule has 0 fully saturated rings. The van der Waals surface area contributed by atoms with Gasteiger partial charge in [0.05, 0.1) is 4.90 Å². The number of rotatable bonds is 10. The Bertz CT molecular complexity index is 1480. The monoisotopic (exact) mass is 578 g/mol. The van der Waals surface area contributed by atoms with Crippen LogP contribution in [-0.4, -0.2) is 28.7 Å². The highest BCUT2D eigenvalue weighted by atomic mass is 32.3. The minimum absolute atomic E-state index is 0.352. The molecule has 0 saturated heterocycles. The van der Waals surface area contributed by atoms with Crippen LogP contribution in [0.1, 0.15) is 5.56 Å². The van der Waals surface area contributed by atoms with Crippen LogP contribution in [0.5, 0.6) is 0 Å². The maximum absolute atomic E-state index is 15.3. The molecule has 4 aromatic rings. The molecule has 0 aromatic heterocycles. The first-order chi connectivity index (χ1) is 18.0. The largest absolute Gasteiger partial charge is 0.395 e. The maximum Gasteiger partial charge on any atom is 0.395 e. The Labute approximate surface area is 222 Å². The van der Waals surface area contributed by atoms with Crippen LogP contribution in [0.2, 0.25) is 0 Å². The maximum atomic E-state index is 15.3. The zero-order valence-corrected chi connectivity index (χ0v) is 22.6. The molecule has 6 nitrogen and oxygen atoms in total. The molecule has 38 heavy (non-hydrogen) atoms. The van der Waals surface area contributed by atoms with Gasteiger partial charge in [-0.1, -0.05) is 72.3 Å². The topological polar surface area (TPSA) is 86.7 Å². The van der Waals surface area contributed by atoms with E-state index >= 15 is 8.78 Å². The summed E-state index contributed by atoms with van der Waals surface area (Å²) in [7, 11) is -13.7. The lowest BCUT2D eigenvalue weighted by Crippen LogP contribution is -2.37. The lowest BCUT2D eigenvalue weighted by Gasteiger charge is -2.40. The van der Waals surface area contributed by atoms with E-state index in [2.05, 4.69) is 4.18 Å².